The molecule has 0 aliphatic heterocycles. The Hall–Kier alpha value is -0.390. The minimum atomic E-state index is -3.96. The maximum atomic E-state index is 11.5. The fourth-order valence-electron chi connectivity index (χ4n) is 0.711. The lowest BCUT2D eigenvalue weighted by Gasteiger charge is -2.06. The van der Waals surface area contributed by atoms with E-state index in [4.69, 9.17) is 5.11 Å². The largest absolute Gasteiger partial charge is 0.389 e. The fourth-order valence-corrected chi connectivity index (χ4v) is 0.711. The Balaban J connectivity index is 0. The van der Waals surface area contributed by atoms with E-state index in [9.17, 15) is 22.0 Å². The van der Waals surface area contributed by atoms with Gasteiger partial charge in [-0.2, -0.15) is 22.0 Å². The zero-order chi connectivity index (χ0) is 11.8. The molecule has 0 aromatic carbocycles. The molecule has 0 spiro atoms. The van der Waals surface area contributed by atoms with Crippen LogP contribution in [0, 0.1) is 5.92 Å². The minimum absolute atomic E-state index is 0.265. The lowest BCUT2D eigenvalue weighted by atomic mass is 10.1. The normalized spacial score (nSPS) is 11.6. The summed E-state index contributed by atoms with van der Waals surface area (Å²) in [6.45, 7) is 0.687. The van der Waals surface area contributed by atoms with E-state index in [2.05, 4.69) is 0 Å². The SMILES string of the molecule is CC(C)CCCC(F)(F)F.OC(F)F. The van der Waals surface area contributed by atoms with Gasteiger partial charge >= 0.3 is 12.8 Å². The van der Waals surface area contributed by atoms with Gasteiger partial charge in [0.2, 0.25) is 0 Å². The second-order valence-electron chi connectivity index (χ2n) is 3.18. The van der Waals surface area contributed by atoms with E-state index in [1.165, 1.54) is 0 Å². The zero-order valence-electron chi connectivity index (χ0n) is 8.11. The third-order valence-electron chi connectivity index (χ3n) is 1.24. The summed E-state index contributed by atoms with van der Waals surface area (Å²) in [7, 11) is 0. The molecule has 1 nitrogen and oxygen atoms in total. The molecule has 0 atom stereocenters. The summed E-state index contributed by atoms with van der Waals surface area (Å²) in [5.74, 6) is 0.377. The highest BCUT2D eigenvalue weighted by atomic mass is 19.4. The molecule has 88 valence electrons. The van der Waals surface area contributed by atoms with E-state index >= 15 is 0 Å². The third-order valence-corrected chi connectivity index (χ3v) is 1.24. The fraction of sp³-hybridized carbons (Fsp3) is 1.00. The van der Waals surface area contributed by atoms with Crippen molar-refractivity contribution >= 4 is 0 Å². The van der Waals surface area contributed by atoms with Crippen molar-refractivity contribution in [1.82, 2.24) is 0 Å². The number of aliphatic hydroxyl groups excluding tert-OH is 1. The molecule has 0 rings (SSSR count). The Morgan fingerprint density at radius 1 is 1.14 bits per heavy atom. The lowest BCUT2D eigenvalue weighted by molar-refractivity contribution is -0.135. The van der Waals surface area contributed by atoms with Crippen LogP contribution in [0.4, 0.5) is 22.0 Å². The van der Waals surface area contributed by atoms with Crippen LogP contribution in [0.5, 0.6) is 0 Å². The molecule has 0 bridgehead atoms. The molecule has 1 N–H and O–H groups in total. The molecule has 0 saturated carbocycles. The monoisotopic (exact) mass is 222 g/mol. The van der Waals surface area contributed by atoms with Gasteiger partial charge in [-0.05, 0) is 12.3 Å². The van der Waals surface area contributed by atoms with E-state index in [1.54, 1.807) is 0 Å². The average molecular weight is 222 g/mol. The second kappa shape index (κ2) is 7.96. The van der Waals surface area contributed by atoms with Crippen LogP contribution in [-0.2, 0) is 0 Å². The minimum Gasteiger partial charge on any atom is -0.339 e. The van der Waals surface area contributed by atoms with Crippen molar-refractivity contribution < 1.29 is 27.1 Å². The number of hydrogen-bond donors (Lipinski definition) is 1. The number of alkyl halides is 5. The molecule has 0 fully saturated rings. The van der Waals surface area contributed by atoms with Gasteiger partial charge in [-0.3, -0.25) is 0 Å². The number of aliphatic hydroxyl groups is 1. The van der Waals surface area contributed by atoms with E-state index in [0.29, 0.717) is 12.3 Å². The maximum absolute atomic E-state index is 11.5. The summed E-state index contributed by atoms with van der Waals surface area (Å²) in [4.78, 5) is 0. The first-order valence-corrected chi connectivity index (χ1v) is 4.18. The van der Waals surface area contributed by atoms with Gasteiger partial charge < -0.3 is 5.11 Å². The molecule has 0 amide bonds. The van der Waals surface area contributed by atoms with Gasteiger partial charge in [0.15, 0.2) is 0 Å². The molecular weight excluding hydrogens is 207 g/mol. The van der Waals surface area contributed by atoms with Gasteiger partial charge in [-0.25, -0.2) is 0 Å². The van der Waals surface area contributed by atoms with E-state index in [0.717, 1.165) is 0 Å². The molecule has 0 radical (unpaired) electrons. The molecule has 0 aliphatic carbocycles. The Morgan fingerprint density at radius 2 is 1.50 bits per heavy atom. The van der Waals surface area contributed by atoms with Gasteiger partial charge in [0.25, 0.3) is 0 Å². The van der Waals surface area contributed by atoms with Crippen molar-refractivity contribution in [1.29, 1.82) is 0 Å². The topological polar surface area (TPSA) is 20.2 Å². The Kier molecular flexibility index (Phi) is 9.13. The summed E-state index contributed by atoms with van der Waals surface area (Å²) >= 11 is 0. The van der Waals surface area contributed by atoms with E-state index in [1.807, 2.05) is 13.8 Å². The van der Waals surface area contributed by atoms with Crippen molar-refractivity contribution in [2.24, 2.45) is 5.92 Å². The van der Waals surface area contributed by atoms with Crippen LogP contribution >= 0.6 is 0 Å². The summed E-state index contributed by atoms with van der Waals surface area (Å²) in [6.07, 6.45) is -3.67. The molecule has 0 heterocycles. The Labute approximate surface area is 79.9 Å². The van der Waals surface area contributed by atoms with Crippen molar-refractivity contribution in [3.8, 4) is 0 Å². The summed E-state index contributed by atoms with van der Waals surface area (Å²) in [6, 6.07) is 0. The van der Waals surface area contributed by atoms with Gasteiger partial charge in [0, 0.05) is 6.42 Å². The Bertz CT molecular complexity index is 119. The van der Waals surface area contributed by atoms with Crippen LogP contribution in [0.25, 0.3) is 0 Å². The van der Waals surface area contributed by atoms with Crippen molar-refractivity contribution in [2.75, 3.05) is 0 Å². The lowest BCUT2D eigenvalue weighted by Crippen LogP contribution is -2.06. The second-order valence-corrected chi connectivity index (χ2v) is 3.18. The van der Waals surface area contributed by atoms with Crippen molar-refractivity contribution in [2.45, 2.75) is 45.9 Å². The Morgan fingerprint density at radius 3 is 1.71 bits per heavy atom. The molecule has 0 aliphatic rings. The van der Waals surface area contributed by atoms with Crippen LogP contribution in [0.1, 0.15) is 33.1 Å². The third kappa shape index (κ3) is 29.9. The average Bonchev–Trinajstić information content (AvgIpc) is 1.80. The highest BCUT2D eigenvalue weighted by Crippen LogP contribution is 2.23. The first-order valence-electron chi connectivity index (χ1n) is 4.18. The predicted molar refractivity (Wildman–Crippen MR) is 43.0 cm³/mol. The smallest absolute Gasteiger partial charge is 0.339 e. The van der Waals surface area contributed by atoms with Crippen LogP contribution in [0.3, 0.4) is 0 Å². The highest BCUT2D eigenvalue weighted by Gasteiger charge is 2.25. The number of rotatable bonds is 3. The summed E-state index contributed by atoms with van der Waals surface area (Å²) in [5, 5.41) is 6.72. The molecule has 0 aromatic heterocycles. The molecule has 0 saturated heterocycles. The summed E-state index contributed by atoms with van der Waals surface area (Å²) in [5.41, 5.74) is 0. The van der Waals surface area contributed by atoms with Crippen molar-refractivity contribution in [3.63, 3.8) is 0 Å². The van der Waals surface area contributed by atoms with Crippen LogP contribution < -0.4 is 0 Å². The molecular formula is C8H15F5O. The van der Waals surface area contributed by atoms with Gasteiger partial charge in [0.1, 0.15) is 0 Å². The molecule has 14 heavy (non-hydrogen) atoms. The number of hydrogen-bond acceptors (Lipinski definition) is 1. The quantitative estimate of drug-likeness (QED) is 0.723. The van der Waals surface area contributed by atoms with Crippen molar-refractivity contribution in [3.05, 3.63) is 0 Å². The standard InChI is InChI=1S/C7H13F3.CH2F2O/c1-6(2)4-3-5-7(8,9)10;2-1(3)4/h6H,3-5H2,1-2H3;1,4H. The van der Waals surface area contributed by atoms with Gasteiger partial charge in [-0.15, -0.1) is 0 Å². The number of halogens is 5. The molecule has 0 unspecified atom stereocenters. The first kappa shape index (κ1) is 16.1. The van der Waals surface area contributed by atoms with Crippen LogP contribution in [0.15, 0.2) is 0 Å². The maximum Gasteiger partial charge on any atom is 0.389 e. The summed E-state index contributed by atoms with van der Waals surface area (Å²) < 4.78 is 54.3. The zero-order valence-corrected chi connectivity index (χ0v) is 8.11. The van der Waals surface area contributed by atoms with E-state index in [-0.39, 0.29) is 6.42 Å². The van der Waals surface area contributed by atoms with Crippen LogP contribution in [-0.4, -0.2) is 17.9 Å². The molecule has 0 aromatic rings. The van der Waals surface area contributed by atoms with Gasteiger partial charge in [0.05, 0.1) is 0 Å². The first-order chi connectivity index (χ1) is 6.15. The predicted octanol–water partition coefficient (Wildman–Crippen LogP) is 3.58. The highest BCUT2D eigenvalue weighted by molar-refractivity contribution is 4.52. The van der Waals surface area contributed by atoms with Crippen LogP contribution in [0.2, 0.25) is 0 Å². The van der Waals surface area contributed by atoms with Gasteiger partial charge in [-0.1, -0.05) is 20.3 Å². The molecule has 6 heteroatoms. The van der Waals surface area contributed by atoms with E-state index < -0.39 is 19.2 Å².